The zero-order chi connectivity index (χ0) is 15.5. The number of aliphatic hydroxyl groups excluding tert-OH is 1. The van der Waals surface area contributed by atoms with E-state index < -0.39 is 6.10 Å². The molecule has 5 nitrogen and oxygen atoms in total. The molecule has 0 radical (unpaired) electrons. The molecule has 1 amide bonds. The lowest BCUT2D eigenvalue weighted by Crippen LogP contribution is -2.16. The summed E-state index contributed by atoms with van der Waals surface area (Å²) in [5, 5.41) is 12.6. The third-order valence-electron chi connectivity index (χ3n) is 3.44. The summed E-state index contributed by atoms with van der Waals surface area (Å²) in [5.74, 6) is -0.156. The number of benzene rings is 1. The van der Waals surface area contributed by atoms with Gasteiger partial charge in [0.15, 0.2) is 0 Å². The first-order valence-electron chi connectivity index (χ1n) is 7.13. The Balaban J connectivity index is 1.75. The van der Waals surface area contributed by atoms with Crippen molar-refractivity contribution in [1.82, 2.24) is 9.38 Å². The Morgan fingerprint density at radius 3 is 2.82 bits per heavy atom. The second-order valence-electron chi connectivity index (χ2n) is 5.19. The number of amides is 1. The van der Waals surface area contributed by atoms with Crippen molar-refractivity contribution < 1.29 is 9.90 Å². The third-order valence-corrected chi connectivity index (χ3v) is 3.44. The molecule has 1 atom stereocenters. The first kappa shape index (κ1) is 14.3. The number of aromatic nitrogens is 2. The molecule has 1 unspecified atom stereocenters. The van der Waals surface area contributed by atoms with Crippen LogP contribution < -0.4 is 5.32 Å². The summed E-state index contributed by atoms with van der Waals surface area (Å²) < 4.78 is 1.88. The van der Waals surface area contributed by atoms with Crippen molar-refractivity contribution in [1.29, 1.82) is 0 Å². The molecular weight excluding hydrogens is 278 g/mol. The largest absolute Gasteiger partial charge is 0.389 e. The van der Waals surface area contributed by atoms with Crippen molar-refractivity contribution in [2.75, 3.05) is 5.32 Å². The zero-order valence-electron chi connectivity index (χ0n) is 12.2. The van der Waals surface area contributed by atoms with Crippen molar-refractivity contribution >= 4 is 17.2 Å². The van der Waals surface area contributed by atoms with Gasteiger partial charge < -0.3 is 14.8 Å². The number of fused-ring (bicyclic) bond motifs is 1. The van der Waals surface area contributed by atoms with Crippen LogP contribution in [0.25, 0.3) is 5.65 Å². The number of rotatable bonds is 4. The van der Waals surface area contributed by atoms with Gasteiger partial charge >= 0.3 is 0 Å². The minimum Gasteiger partial charge on any atom is -0.389 e. The maximum Gasteiger partial charge on any atom is 0.230 e. The molecule has 1 aromatic carbocycles. The standard InChI is InChI=1S/C17H17N3O2/c1-12(21)14-6-2-3-7-15(14)19-17(22)10-13-11-20-9-5-4-8-16(20)18-13/h2-9,11-12,21H,10H2,1H3,(H,19,22). The highest BCUT2D eigenvalue weighted by Gasteiger charge is 2.12. The summed E-state index contributed by atoms with van der Waals surface area (Å²) >= 11 is 0. The highest BCUT2D eigenvalue weighted by molar-refractivity contribution is 5.92. The molecule has 0 bridgehead atoms. The third kappa shape index (κ3) is 2.99. The number of carbonyl (C=O) groups is 1. The average Bonchev–Trinajstić information content (AvgIpc) is 2.89. The fourth-order valence-corrected chi connectivity index (χ4v) is 2.41. The number of hydrogen-bond donors (Lipinski definition) is 2. The molecule has 0 saturated heterocycles. The number of aliphatic hydroxyl groups is 1. The quantitative estimate of drug-likeness (QED) is 0.777. The summed E-state index contributed by atoms with van der Waals surface area (Å²) in [6.07, 6.45) is 3.30. The van der Waals surface area contributed by atoms with E-state index in [2.05, 4.69) is 10.3 Å². The molecule has 2 N–H and O–H groups in total. The Kier molecular flexibility index (Phi) is 3.89. The highest BCUT2D eigenvalue weighted by atomic mass is 16.3. The van der Waals surface area contributed by atoms with Crippen molar-refractivity contribution in [3.63, 3.8) is 0 Å². The van der Waals surface area contributed by atoms with E-state index in [1.54, 1.807) is 19.1 Å². The van der Waals surface area contributed by atoms with Crippen LogP contribution in [-0.2, 0) is 11.2 Å². The van der Waals surface area contributed by atoms with E-state index in [9.17, 15) is 9.90 Å². The van der Waals surface area contributed by atoms with Crippen molar-refractivity contribution in [2.24, 2.45) is 0 Å². The number of hydrogen-bond acceptors (Lipinski definition) is 3. The van der Waals surface area contributed by atoms with Crippen molar-refractivity contribution in [3.05, 3.63) is 66.1 Å². The Morgan fingerprint density at radius 2 is 2.05 bits per heavy atom. The predicted molar refractivity (Wildman–Crippen MR) is 84.6 cm³/mol. The van der Waals surface area contributed by atoms with E-state index in [1.165, 1.54) is 0 Å². The minimum atomic E-state index is -0.633. The van der Waals surface area contributed by atoms with E-state index in [0.29, 0.717) is 16.9 Å². The molecule has 0 fully saturated rings. The highest BCUT2D eigenvalue weighted by Crippen LogP contribution is 2.22. The number of nitrogens with one attached hydrogen (secondary N) is 1. The van der Waals surface area contributed by atoms with Crippen LogP contribution in [0.3, 0.4) is 0 Å². The molecule has 0 spiro atoms. The van der Waals surface area contributed by atoms with Gasteiger partial charge in [-0.3, -0.25) is 4.79 Å². The number of carbonyl (C=O) groups excluding carboxylic acids is 1. The van der Waals surface area contributed by atoms with Crippen LogP contribution >= 0.6 is 0 Å². The van der Waals surface area contributed by atoms with E-state index >= 15 is 0 Å². The summed E-state index contributed by atoms with van der Waals surface area (Å²) in [7, 11) is 0. The van der Waals surface area contributed by atoms with Crippen LogP contribution in [-0.4, -0.2) is 20.4 Å². The summed E-state index contributed by atoms with van der Waals surface area (Å²) in [4.78, 5) is 16.6. The number of nitrogens with zero attached hydrogens (tertiary/aromatic N) is 2. The van der Waals surface area contributed by atoms with Crippen LogP contribution in [0.5, 0.6) is 0 Å². The molecule has 3 aromatic rings. The summed E-state index contributed by atoms with van der Waals surface area (Å²) in [6, 6.07) is 13.0. The van der Waals surface area contributed by atoms with Crippen LogP contribution in [0, 0.1) is 0 Å². The second-order valence-corrected chi connectivity index (χ2v) is 5.19. The lowest BCUT2D eigenvalue weighted by atomic mass is 10.1. The van der Waals surface area contributed by atoms with Crippen LogP contribution in [0.1, 0.15) is 24.3 Å². The Hall–Kier alpha value is -2.66. The lowest BCUT2D eigenvalue weighted by molar-refractivity contribution is -0.115. The Labute approximate surface area is 128 Å². The van der Waals surface area contributed by atoms with Crippen molar-refractivity contribution in [2.45, 2.75) is 19.4 Å². The van der Waals surface area contributed by atoms with Gasteiger partial charge in [0, 0.05) is 23.6 Å². The minimum absolute atomic E-state index is 0.156. The Morgan fingerprint density at radius 1 is 1.27 bits per heavy atom. The molecule has 3 rings (SSSR count). The fraction of sp³-hybridized carbons (Fsp3) is 0.176. The van der Waals surface area contributed by atoms with Gasteiger partial charge in [-0.1, -0.05) is 24.3 Å². The van der Waals surface area contributed by atoms with E-state index in [1.807, 2.05) is 47.1 Å². The predicted octanol–water partition coefficient (Wildman–Crippen LogP) is 2.57. The number of pyridine rings is 1. The van der Waals surface area contributed by atoms with Crippen LogP contribution in [0.15, 0.2) is 54.9 Å². The molecule has 112 valence electrons. The van der Waals surface area contributed by atoms with E-state index in [4.69, 9.17) is 0 Å². The molecule has 2 heterocycles. The molecule has 22 heavy (non-hydrogen) atoms. The smallest absolute Gasteiger partial charge is 0.230 e. The number of para-hydroxylation sites is 1. The van der Waals surface area contributed by atoms with Crippen molar-refractivity contribution in [3.8, 4) is 0 Å². The van der Waals surface area contributed by atoms with Gasteiger partial charge in [0.05, 0.1) is 18.2 Å². The van der Waals surface area contributed by atoms with Gasteiger partial charge in [-0.25, -0.2) is 4.98 Å². The molecule has 0 aliphatic heterocycles. The van der Waals surface area contributed by atoms with Crippen LogP contribution in [0.4, 0.5) is 5.69 Å². The lowest BCUT2D eigenvalue weighted by Gasteiger charge is -2.12. The molecule has 0 aliphatic carbocycles. The summed E-state index contributed by atoms with van der Waals surface area (Å²) in [5.41, 5.74) is 2.85. The monoisotopic (exact) mass is 295 g/mol. The summed E-state index contributed by atoms with van der Waals surface area (Å²) in [6.45, 7) is 1.67. The number of anilines is 1. The Bertz CT molecular complexity index is 775. The second kappa shape index (κ2) is 5.99. The van der Waals surface area contributed by atoms with Crippen LogP contribution in [0.2, 0.25) is 0 Å². The average molecular weight is 295 g/mol. The van der Waals surface area contributed by atoms with Gasteiger partial charge in [0.25, 0.3) is 0 Å². The molecule has 0 aliphatic rings. The van der Waals surface area contributed by atoms with Gasteiger partial charge in [0.1, 0.15) is 5.65 Å². The SMILES string of the molecule is CC(O)c1ccccc1NC(=O)Cc1cn2ccccc2n1. The first-order chi connectivity index (χ1) is 10.6. The maximum absolute atomic E-state index is 12.2. The van der Waals surface area contributed by atoms with Gasteiger partial charge in [-0.2, -0.15) is 0 Å². The topological polar surface area (TPSA) is 66.6 Å². The maximum atomic E-state index is 12.2. The van der Waals surface area contributed by atoms with Gasteiger partial charge in [-0.15, -0.1) is 0 Å². The fourth-order valence-electron chi connectivity index (χ4n) is 2.41. The van der Waals surface area contributed by atoms with E-state index in [-0.39, 0.29) is 12.3 Å². The molecule has 5 heteroatoms. The first-order valence-corrected chi connectivity index (χ1v) is 7.13. The zero-order valence-corrected chi connectivity index (χ0v) is 12.2. The molecule has 2 aromatic heterocycles. The molecule has 0 saturated carbocycles. The number of imidazole rings is 1. The van der Waals surface area contributed by atoms with Gasteiger partial charge in [0.2, 0.25) is 5.91 Å². The molecular formula is C17H17N3O2. The van der Waals surface area contributed by atoms with E-state index in [0.717, 1.165) is 5.65 Å². The normalized spacial score (nSPS) is 12.3. The van der Waals surface area contributed by atoms with Gasteiger partial charge in [-0.05, 0) is 25.1 Å².